The summed E-state index contributed by atoms with van der Waals surface area (Å²) < 4.78 is 11.0. The summed E-state index contributed by atoms with van der Waals surface area (Å²) in [6.45, 7) is 7.81. The van der Waals surface area contributed by atoms with Gasteiger partial charge in [-0.3, -0.25) is 0 Å². The Labute approximate surface area is 172 Å². The summed E-state index contributed by atoms with van der Waals surface area (Å²) in [5.74, 6) is 0.112. The average Bonchev–Trinajstić information content (AvgIpc) is 2.72. The number of aliphatic hydroxyl groups excluding tert-OH is 2. The van der Waals surface area contributed by atoms with Gasteiger partial charge in [-0.15, -0.1) is 0 Å². The van der Waals surface area contributed by atoms with E-state index in [-0.39, 0.29) is 32.3 Å². The topological polar surface area (TPSA) is 76.0 Å². The number of ether oxygens (including phenoxy) is 2. The molecule has 0 atom stereocenters. The molecule has 0 aliphatic heterocycles. The predicted molar refractivity (Wildman–Crippen MR) is 114 cm³/mol. The molecule has 2 N–H and O–H groups in total. The smallest absolute Gasteiger partial charge is 0.330 e. The minimum atomic E-state index is -0.476. The van der Waals surface area contributed by atoms with E-state index < -0.39 is 5.97 Å². The normalized spacial score (nSPS) is 10.8. The van der Waals surface area contributed by atoms with Gasteiger partial charge in [0.15, 0.2) is 0 Å². The van der Waals surface area contributed by atoms with Crippen molar-refractivity contribution in [2.24, 2.45) is 5.92 Å². The Morgan fingerprint density at radius 1 is 1.07 bits per heavy atom. The third kappa shape index (κ3) is 6.73. The Morgan fingerprint density at radius 2 is 1.79 bits per heavy atom. The van der Waals surface area contributed by atoms with E-state index in [4.69, 9.17) is 9.47 Å². The fourth-order valence-corrected chi connectivity index (χ4v) is 3.14. The molecule has 0 amide bonds. The molecular formula is C24H30O5. The molecule has 0 bridgehead atoms. The summed E-state index contributed by atoms with van der Waals surface area (Å²) in [6.07, 6.45) is 2.54. The van der Waals surface area contributed by atoms with E-state index in [9.17, 15) is 15.0 Å². The molecule has 2 aromatic rings. The molecular weight excluding hydrogens is 368 g/mol. The van der Waals surface area contributed by atoms with Gasteiger partial charge in [0, 0.05) is 30.8 Å². The van der Waals surface area contributed by atoms with Gasteiger partial charge in [0.25, 0.3) is 0 Å². The Morgan fingerprint density at radius 3 is 2.45 bits per heavy atom. The molecule has 156 valence electrons. The van der Waals surface area contributed by atoms with Gasteiger partial charge in [0.1, 0.15) is 19.0 Å². The molecule has 5 heteroatoms. The predicted octanol–water partition coefficient (Wildman–Crippen LogP) is 3.61. The van der Waals surface area contributed by atoms with Gasteiger partial charge in [0.2, 0.25) is 0 Å². The molecule has 0 saturated carbocycles. The molecule has 0 unspecified atom stereocenters. The first-order valence-electron chi connectivity index (χ1n) is 9.82. The molecule has 0 aromatic heterocycles. The number of benzene rings is 2. The number of hydrogen-bond acceptors (Lipinski definition) is 5. The molecule has 0 spiro atoms. The highest BCUT2D eigenvalue weighted by Crippen LogP contribution is 2.34. The lowest BCUT2D eigenvalue weighted by Gasteiger charge is -2.16. The fourth-order valence-electron chi connectivity index (χ4n) is 3.14. The van der Waals surface area contributed by atoms with Crippen LogP contribution in [-0.4, -0.2) is 42.6 Å². The van der Waals surface area contributed by atoms with Crippen molar-refractivity contribution in [3.8, 4) is 16.9 Å². The highest BCUT2D eigenvalue weighted by Gasteiger charge is 2.12. The first-order chi connectivity index (χ1) is 14.0. The minimum Gasteiger partial charge on any atom is -0.489 e. The van der Waals surface area contributed by atoms with Crippen LogP contribution >= 0.6 is 0 Å². The molecule has 0 heterocycles. The lowest BCUT2D eigenvalue weighted by atomic mass is 9.95. The summed E-state index contributed by atoms with van der Waals surface area (Å²) in [7, 11) is 0. The molecule has 2 aromatic carbocycles. The molecule has 5 nitrogen and oxygen atoms in total. The Bertz CT molecular complexity index is 824. The van der Waals surface area contributed by atoms with Crippen LogP contribution in [0.3, 0.4) is 0 Å². The standard InChI is InChI=1S/C24H30O5/c1-4-24(27)29-12-11-28-23-14-19(6-7-20(15-25)16-26)8-10-22(23)21-9-5-17(2)13-18(21)3/h4-5,8-10,13-14,20,25-26H,1,6-7,11-12,15-16H2,2-3H3. The maximum atomic E-state index is 11.2. The second-order valence-corrected chi connectivity index (χ2v) is 7.14. The lowest BCUT2D eigenvalue weighted by Crippen LogP contribution is -2.12. The summed E-state index contributed by atoms with van der Waals surface area (Å²) >= 11 is 0. The van der Waals surface area contributed by atoms with Crippen LogP contribution in [0.4, 0.5) is 0 Å². The molecule has 0 fully saturated rings. The first-order valence-corrected chi connectivity index (χ1v) is 9.82. The van der Waals surface area contributed by atoms with Gasteiger partial charge in [0.05, 0.1) is 0 Å². The molecule has 29 heavy (non-hydrogen) atoms. The number of hydrogen-bond donors (Lipinski definition) is 2. The number of carbonyl (C=O) groups excluding carboxylic acids is 1. The number of aryl methyl sites for hydroxylation is 3. The first kappa shape index (κ1) is 22.7. The zero-order valence-corrected chi connectivity index (χ0v) is 17.2. The summed E-state index contributed by atoms with van der Waals surface area (Å²) in [4.78, 5) is 11.2. The van der Waals surface area contributed by atoms with E-state index in [0.29, 0.717) is 12.2 Å². The van der Waals surface area contributed by atoms with Crippen molar-refractivity contribution in [1.29, 1.82) is 0 Å². The van der Waals surface area contributed by atoms with Crippen LogP contribution in [0.2, 0.25) is 0 Å². The van der Waals surface area contributed by atoms with Gasteiger partial charge in [-0.05, 0) is 49.4 Å². The number of aliphatic hydroxyl groups is 2. The third-order valence-corrected chi connectivity index (χ3v) is 4.83. The van der Waals surface area contributed by atoms with Gasteiger partial charge in [-0.25, -0.2) is 4.79 Å². The monoisotopic (exact) mass is 398 g/mol. The quantitative estimate of drug-likeness (QED) is 0.344. The van der Waals surface area contributed by atoms with Gasteiger partial charge < -0.3 is 19.7 Å². The largest absolute Gasteiger partial charge is 0.489 e. The number of esters is 1. The fraction of sp³-hybridized carbons (Fsp3) is 0.375. The maximum Gasteiger partial charge on any atom is 0.330 e. The second-order valence-electron chi connectivity index (χ2n) is 7.14. The van der Waals surface area contributed by atoms with Crippen molar-refractivity contribution in [3.05, 3.63) is 65.7 Å². The van der Waals surface area contributed by atoms with Crippen LogP contribution in [0.25, 0.3) is 11.1 Å². The zero-order chi connectivity index (χ0) is 21.2. The van der Waals surface area contributed by atoms with Crippen LogP contribution in [-0.2, 0) is 16.0 Å². The van der Waals surface area contributed by atoms with E-state index in [1.54, 1.807) is 0 Å². The van der Waals surface area contributed by atoms with Crippen molar-refractivity contribution >= 4 is 5.97 Å². The highest BCUT2D eigenvalue weighted by atomic mass is 16.6. The summed E-state index contributed by atoms with van der Waals surface area (Å²) in [5, 5.41) is 18.6. The van der Waals surface area contributed by atoms with Crippen molar-refractivity contribution < 1.29 is 24.5 Å². The molecule has 0 aliphatic rings. The number of carbonyl (C=O) groups is 1. The Kier molecular flexibility index (Phi) is 8.90. The molecule has 0 radical (unpaired) electrons. The van der Waals surface area contributed by atoms with Crippen molar-refractivity contribution in [1.82, 2.24) is 0 Å². The van der Waals surface area contributed by atoms with E-state index in [1.807, 2.05) is 18.2 Å². The summed E-state index contributed by atoms with van der Waals surface area (Å²) in [6, 6.07) is 12.3. The number of rotatable bonds is 11. The van der Waals surface area contributed by atoms with Crippen LogP contribution < -0.4 is 4.74 Å². The van der Waals surface area contributed by atoms with Gasteiger partial charge in [-0.1, -0.05) is 42.5 Å². The van der Waals surface area contributed by atoms with Crippen molar-refractivity contribution in [3.63, 3.8) is 0 Å². The minimum absolute atomic E-state index is 0.0326. The van der Waals surface area contributed by atoms with Crippen LogP contribution in [0.15, 0.2) is 49.1 Å². The second kappa shape index (κ2) is 11.4. The third-order valence-electron chi connectivity index (χ3n) is 4.83. The lowest BCUT2D eigenvalue weighted by molar-refractivity contribution is -0.138. The van der Waals surface area contributed by atoms with E-state index >= 15 is 0 Å². The van der Waals surface area contributed by atoms with Crippen LogP contribution in [0.5, 0.6) is 5.75 Å². The van der Waals surface area contributed by atoms with E-state index in [1.165, 1.54) is 5.56 Å². The van der Waals surface area contributed by atoms with Gasteiger partial charge in [-0.2, -0.15) is 0 Å². The Balaban J connectivity index is 2.23. The van der Waals surface area contributed by atoms with Crippen molar-refractivity contribution in [2.45, 2.75) is 26.7 Å². The van der Waals surface area contributed by atoms with Crippen LogP contribution in [0.1, 0.15) is 23.1 Å². The average molecular weight is 398 g/mol. The van der Waals surface area contributed by atoms with Crippen LogP contribution in [0, 0.1) is 19.8 Å². The SMILES string of the molecule is C=CC(=O)OCCOc1cc(CCC(CO)CO)ccc1-c1ccc(C)cc1C. The zero-order valence-electron chi connectivity index (χ0n) is 17.2. The Hall–Kier alpha value is -2.63. The van der Waals surface area contributed by atoms with Crippen molar-refractivity contribution in [2.75, 3.05) is 26.4 Å². The molecule has 2 rings (SSSR count). The maximum absolute atomic E-state index is 11.2. The summed E-state index contributed by atoms with van der Waals surface area (Å²) in [5.41, 5.74) is 5.47. The van der Waals surface area contributed by atoms with E-state index in [0.717, 1.165) is 34.8 Å². The van der Waals surface area contributed by atoms with Gasteiger partial charge >= 0.3 is 5.97 Å². The molecule has 0 aliphatic carbocycles. The molecule has 0 saturated heterocycles. The highest BCUT2D eigenvalue weighted by molar-refractivity contribution is 5.81. The van der Waals surface area contributed by atoms with E-state index in [2.05, 4.69) is 38.6 Å².